The number of hydrogen-bond donors (Lipinski definition) is 1. The Morgan fingerprint density at radius 1 is 1.13 bits per heavy atom. The Morgan fingerprint density at radius 2 is 1.97 bits per heavy atom. The number of pyridine rings is 1. The third-order valence-electron chi connectivity index (χ3n) is 4.58. The fraction of sp³-hybridized carbons (Fsp3) is 0.227. The highest BCUT2D eigenvalue weighted by Crippen LogP contribution is 2.24. The van der Waals surface area contributed by atoms with E-state index in [1.54, 1.807) is 12.4 Å². The highest BCUT2D eigenvalue weighted by Gasteiger charge is 2.13. The zero-order valence-corrected chi connectivity index (χ0v) is 17.5. The average Bonchev–Trinajstić information content (AvgIpc) is 3.43. The van der Waals surface area contributed by atoms with E-state index in [0.717, 1.165) is 16.8 Å². The molecule has 0 saturated carbocycles. The molecule has 3 aromatic heterocycles. The van der Waals surface area contributed by atoms with Crippen LogP contribution in [0, 0.1) is 0 Å². The Hall–Kier alpha value is -3.39. The number of aryl methyl sites for hydroxylation is 1. The van der Waals surface area contributed by atoms with Gasteiger partial charge in [0, 0.05) is 41.7 Å². The first-order chi connectivity index (χ1) is 14.6. The summed E-state index contributed by atoms with van der Waals surface area (Å²) in [5.41, 5.74) is 3.85. The first-order valence-electron chi connectivity index (χ1n) is 9.67. The van der Waals surface area contributed by atoms with Crippen molar-refractivity contribution >= 4 is 22.4 Å². The molecular formula is C22H21N5O2S. The van der Waals surface area contributed by atoms with Crippen molar-refractivity contribution in [1.82, 2.24) is 20.1 Å². The topological polar surface area (TPSA) is 93.8 Å². The molecule has 0 saturated heterocycles. The predicted octanol–water partition coefficient (Wildman–Crippen LogP) is 4.95. The van der Waals surface area contributed by atoms with E-state index in [1.807, 2.05) is 29.6 Å². The number of benzene rings is 1. The number of nitrogens with zero attached hydrogens (tertiary/aromatic N) is 4. The lowest BCUT2D eigenvalue weighted by molar-refractivity contribution is -0.116. The van der Waals surface area contributed by atoms with Gasteiger partial charge in [0.05, 0.1) is 5.69 Å². The second kappa shape index (κ2) is 8.96. The smallest absolute Gasteiger partial charge is 0.227 e. The molecule has 0 fully saturated rings. The van der Waals surface area contributed by atoms with Gasteiger partial charge in [-0.2, -0.15) is 4.98 Å². The molecule has 0 unspecified atom stereocenters. The van der Waals surface area contributed by atoms with Gasteiger partial charge < -0.3 is 9.84 Å². The van der Waals surface area contributed by atoms with Crippen LogP contribution in [0.5, 0.6) is 0 Å². The Bertz CT molecular complexity index is 1120. The molecule has 0 aliphatic rings. The van der Waals surface area contributed by atoms with Crippen LogP contribution in [0.2, 0.25) is 0 Å². The van der Waals surface area contributed by atoms with Crippen molar-refractivity contribution in [2.24, 2.45) is 0 Å². The Kier molecular flexibility index (Phi) is 5.94. The zero-order chi connectivity index (χ0) is 20.9. The highest BCUT2D eigenvalue weighted by molar-refractivity contribution is 7.14. The van der Waals surface area contributed by atoms with Crippen LogP contribution in [-0.2, 0) is 11.2 Å². The number of thiazole rings is 1. The number of carbonyl (C=O) groups is 1. The van der Waals surface area contributed by atoms with E-state index in [1.165, 1.54) is 16.9 Å². The molecule has 1 aromatic carbocycles. The van der Waals surface area contributed by atoms with Crippen molar-refractivity contribution in [3.8, 4) is 22.6 Å². The van der Waals surface area contributed by atoms with Gasteiger partial charge in [-0.25, -0.2) is 4.98 Å². The van der Waals surface area contributed by atoms with Crippen LogP contribution in [0.25, 0.3) is 22.6 Å². The number of anilines is 1. The summed E-state index contributed by atoms with van der Waals surface area (Å²) in [5, 5.41) is 9.28. The van der Waals surface area contributed by atoms with E-state index in [9.17, 15) is 4.79 Å². The first kappa shape index (κ1) is 19.9. The molecule has 7 nitrogen and oxygen atoms in total. The van der Waals surface area contributed by atoms with Crippen LogP contribution < -0.4 is 5.32 Å². The third kappa shape index (κ3) is 4.77. The van der Waals surface area contributed by atoms with Crippen molar-refractivity contribution in [2.75, 3.05) is 5.32 Å². The molecule has 1 N–H and O–H groups in total. The molecule has 0 aliphatic heterocycles. The van der Waals surface area contributed by atoms with Crippen LogP contribution in [-0.4, -0.2) is 26.0 Å². The lowest BCUT2D eigenvalue weighted by Crippen LogP contribution is -2.12. The normalized spacial score (nSPS) is 11.0. The molecule has 3 heterocycles. The molecule has 30 heavy (non-hydrogen) atoms. The molecule has 1 amide bonds. The van der Waals surface area contributed by atoms with Crippen LogP contribution >= 0.6 is 11.3 Å². The van der Waals surface area contributed by atoms with Crippen LogP contribution in [0.4, 0.5) is 5.13 Å². The Labute approximate surface area is 178 Å². The van der Waals surface area contributed by atoms with Gasteiger partial charge in [0.1, 0.15) is 0 Å². The maximum Gasteiger partial charge on any atom is 0.227 e. The number of rotatable bonds is 7. The monoisotopic (exact) mass is 419 g/mol. The minimum atomic E-state index is -0.150. The summed E-state index contributed by atoms with van der Waals surface area (Å²) in [5.74, 6) is 1.28. The number of nitrogens with one attached hydrogen (secondary N) is 1. The summed E-state index contributed by atoms with van der Waals surface area (Å²) in [6, 6.07) is 11.9. The quantitative estimate of drug-likeness (QED) is 0.455. The summed E-state index contributed by atoms with van der Waals surface area (Å²) in [6.45, 7) is 4.30. The lowest BCUT2D eigenvalue weighted by Gasteiger charge is -2.04. The molecule has 0 aliphatic carbocycles. The van der Waals surface area contributed by atoms with E-state index < -0.39 is 0 Å². The zero-order valence-electron chi connectivity index (χ0n) is 16.7. The van der Waals surface area contributed by atoms with Crippen LogP contribution in [0.1, 0.15) is 37.6 Å². The minimum Gasteiger partial charge on any atom is -0.339 e. The average molecular weight is 420 g/mol. The van der Waals surface area contributed by atoms with Gasteiger partial charge in [-0.05, 0) is 23.6 Å². The van der Waals surface area contributed by atoms with Gasteiger partial charge >= 0.3 is 0 Å². The van der Waals surface area contributed by atoms with E-state index in [2.05, 4.69) is 51.4 Å². The number of hydrogen-bond acceptors (Lipinski definition) is 7. The van der Waals surface area contributed by atoms with Crippen LogP contribution in [0.3, 0.4) is 0 Å². The molecule has 0 radical (unpaired) electrons. The summed E-state index contributed by atoms with van der Waals surface area (Å²) < 4.78 is 5.30. The maximum atomic E-state index is 12.3. The minimum absolute atomic E-state index is 0.150. The summed E-state index contributed by atoms with van der Waals surface area (Å²) in [6.07, 6.45) is 4.05. The SMILES string of the molecule is CC(C)c1ccc(-c2noc(CCC(=O)Nc3nc(-c4cccnc4)cs3)n2)cc1. The molecular weight excluding hydrogens is 398 g/mol. The van der Waals surface area contributed by atoms with Crippen molar-refractivity contribution in [3.63, 3.8) is 0 Å². The van der Waals surface area contributed by atoms with E-state index in [-0.39, 0.29) is 12.3 Å². The van der Waals surface area contributed by atoms with Gasteiger partial charge in [-0.15, -0.1) is 11.3 Å². The second-order valence-corrected chi connectivity index (χ2v) is 7.97. The maximum absolute atomic E-state index is 12.3. The molecule has 152 valence electrons. The first-order valence-corrected chi connectivity index (χ1v) is 10.5. The van der Waals surface area contributed by atoms with Gasteiger partial charge in [-0.3, -0.25) is 9.78 Å². The van der Waals surface area contributed by atoms with Gasteiger partial charge in [-0.1, -0.05) is 43.3 Å². The van der Waals surface area contributed by atoms with Gasteiger partial charge in [0.25, 0.3) is 0 Å². The molecule has 4 rings (SSSR count). The van der Waals surface area contributed by atoms with Gasteiger partial charge in [0.15, 0.2) is 5.13 Å². The number of aromatic nitrogens is 4. The third-order valence-corrected chi connectivity index (χ3v) is 5.34. The summed E-state index contributed by atoms with van der Waals surface area (Å²) >= 11 is 1.38. The molecule has 4 aromatic rings. The molecule has 0 spiro atoms. The second-order valence-electron chi connectivity index (χ2n) is 7.12. The van der Waals surface area contributed by atoms with Crippen LogP contribution in [0.15, 0.2) is 58.7 Å². The van der Waals surface area contributed by atoms with Crippen molar-refractivity contribution in [2.45, 2.75) is 32.6 Å². The lowest BCUT2D eigenvalue weighted by atomic mass is 10.0. The fourth-order valence-electron chi connectivity index (χ4n) is 2.87. The standard InChI is InChI=1S/C22H21N5O2S/c1-14(2)15-5-7-16(8-6-15)21-26-20(29-27-21)10-9-19(28)25-22-24-18(13-30-22)17-4-3-11-23-12-17/h3-8,11-14H,9-10H2,1-2H3,(H,24,25,28). The Morgan fingerprint density at radius 3 is 2.70 bits per heavy atom. The van der Waals surface area contributed by atoms with Crippen molar-refractivity contribution < 1.29 is 9.32 Å². The van der Waals surface area contributed by atoms with E-state index >= 15 is 0 Å². The molecule has 8 heteroatoms. The van der Waals surface area contributed by atoms with Crippen molar-refractivity contribution in [1.29, 1.82) is 0 Å². The van der Waals surface area contributed by atoms with Gasteiger partial charge in [0.2, 0.25) is 17.6 Å². The summed E-state index contributed by atoms with van der Waals surface area (Å²) in [7, 11) is 0. The molecule has 0 bridgehead atoms. The van der Waals surface area contributed by atoms with E-state index in [4.69, 9.17) is 4.52 Å². The number of amides is 1. The predicted molar refractivity (Wildman–Crippen MR) is 116 cm³/mol. The van der Waals surface area contributed by atoms with E-state index in [0.29, 0.717) is 29.2 Å². The number of carbonyl (C=O) groups excluding carboxylic acids is 1. The summed E-state index contributed by atoms with van der Waals surface area (Å²) in [4.78, 5) is 25.2. The largest absolute Gasteiger partial charge is 0.339 e. The molecule has 0 atom stereocenters. The fourth-order valence-corrected chi connectivity index (χ4v) is 3.61. The highest BCUT2D eigenvalue weighted by atomic mass is 32.1. The Balaban J connectivity index is 1.32. The van der Waals surface area contributed by atoms with Crippen molar-refractivity contribution in [3.05, 3.63) is 65.6 Å².